The number of phenols is 1. The Morgan fingerprint density at radius 1 is 1.25 bits per heavy atom. The Bertz CT molecular complexity index is 751. The van der Waals surface area contributed by atoms with Crippen LogP contribution in [-0.4, -0.2) is 18.1 Å². The lowest BCUT2D eigenvalue weighted by Crippen LogP contribution is -2.10. The number of nitriles is 1. The summed E-state index contributed by atoms with van der Waals surface area (Å²) < 4.78 is 5.07. The number of rotatable bonds is 6. The smallest absolute Gasteiger partial charge is 0.224 e. The van der Waals surface area contributed by atoms with Crippen LogP contribution in [0.25, 0.3) is 0 Å². The zero-order valence-electron chi connectivity index (χ0n) is 13.5. The van der Waals surface area contributed by atoms with Gasteiger partial charge in [-0.2, -0.15) is 5.26 Å². The molecular formula is C18H19N3O3. The molecule has 0 aliphatic carbocycles. The van der Waals surface area contributed by atoms with Crippen molar-refractivity contribution in [3.8, 4) is 17.6 Å². The molecule has 0 saturated carbocycles. The van der Waals surface area contributed by atoms with Gasteiger partial charge >= 0.3 is 0 Å². The van der Waals surface area contributed by atoms with Gasteiger partial charge in [-0.1, -0.05) is 13.0 Å². The zero-order valence-corrected chi connectivity index (χ0v) is 13.5. The number of carbonyl (C=O) groups excluding carboxylic acids is 1. The monoisotopic (exact) mass is 325 g/mol. The van der Waals surface area contributed by atoms with E-state index in [2.05, 4.69) is 16.7 Å². The van der Waals surface area contributed by atoms with E-state index in [1.807, 2.05) is 0 Å². The minimum atomic E-state index is -0.601. The Kier molecular flexibility index (Phi) is 5.63. The molecule has 0 aromatic heterocycles. The second-order valence-electron chi connectivity index (χ2n) is 5.12. The summed E-state index contributed by atoms with van der Waals surface area (Å²) in [4.78, 5) is 11.4. The Morgan fingerprint density at radius 3 is 2.50 bits per heavy atom. The highest BCUT2D eigenvalue weighted by molar-refractivity contribution is 5.90. The summed E-state index contributed by atoms with van der Waals surface area (Å²) in [6.45, 7) is 1.79. The molecule has 24 heavy (non-hydrogen) atoms. The highest BCUT2D eigenvalue weighted by Crippen LogP contribution is 2.30. The van der Waals surface area contributed by atoms with Gasteiger partial charge in [0.2, 0.25) is 5.91 Å². The van der Waals surface area contributed by atoms with Crippen LogP contribution >= 0.6 is 0 Å². The van der Waals surface area contributed by atoms with Crippen molar-refractivity contribution in [2.45, 2.75) is 19.4 Å². The van der Waals surface area contributed by atoms with Crippen LogP contribution in [0.15, 0.2) is 42.5 Å². The number of nitrogens with one attached hydrogen (secondary N) is 2. The molecule has 0 fully saturated rings. The fourth-order valence-corrected chi connectivity index (χ4v) is 2.13. The van der Waals surface area contributed by atoms with Crippen molar-refractivity contribution in [3.63, 3.8) is 0 Å². The van der Waals surface area contributed by atoms with Crippen molar-refractivity contribution in [2.24, 2.45) is 0 Å². The van der Waals surface area contributed by atoms with Gasteiger partial charge in [-0.3, -0.25) is 4.79 Å². The molecule has 3 N–H and O–H groups in total. The highest BCUT2D eigenvalue weighted by Gasteiger charge is 2.13. The minimum Gasteiger partial charge on any atom is -0.504 e. The number of hydrogen-bond acceptors (Lipinski definition) is 5. The normalized spacial score (nSPS) is 11.2. The second kappa shape index (κ2) is 7.88. The molecule has 0 heterocycles. The van der Waals surface area contributed by atoms with Gasteiger partial charge in [-0.15, -0.1) is 0 Å². The fraction of sp³-hybridized carbons (Fsp3) is 0.222. The van der Waals surface area contributed by atoms with E-state index < -0.39 is 6.04 Å². The molecule has 2 rings (SSSR count). The maximum Gasteiger partial charge on any atom is 0.224 e. The van der Waals surface area contributed by atoms with Crippen molar-refractivity contribution >= 4 is 17.3 Å². The predicted molar refractivity (Wildman–Crippen MR) is 92.0 cm³/mol. The van der Waals surface area contributed by atoms with E-state index >= 15 is 0 Å². The minimum absolute atomic E-state index is 0.0222. The maximum absolute atomic E-state index is 11.4. The van der Waals surface area contributed by atoms with Crippen molar-refractivity contribution in [1.82, 2.24) is 0 Å². The molecule has 0 radical (unpaired) electrons. The van der Waals surface area contributed by atoms with Crippen LogP contribution < -0.4 is 15.4 Å². The maximum atomic E-state index is 11.4. The number of benzene rings is 2. The van der Waals surface area contributed by atoms with Crippen LogP contribution in [0.5, 0.6) is 11.5 Å². The molecule has 0 aliphatic rings. The number of carbonyl (C=O) groups is 1. The third-order valence-corrected chi connectivity index (χ3v) is 3.47. The van der Waals surface area contributed by atoms with Gasteiger partial charge in [0.05, 0.1) is 13.2 Å². The molecule has 0 spiro atoms. The van der Waals surface area contributed by atoms with E-state index in [-0.39, 0.29) is 11.7 Å². The summed E-state index contributed by atoms with van der Waals surface area (Å²) in [5.74, 6) is 0.280. The highest BCUT2D eigenvalue weighted by atomic mass is 16.5. The molecule has 1 unspecified atom stereocenters. The third-order valence-electron chi connectivity index (χ3n) is 3.47. The predicted octanol–water partition coefficient (Wildman–Crippen LogP) is 3.43. The number of phenolic OH excluding ortho intramolecular Hbond substituents is 1. The molecule has 1 atom stereocenters. The fourth-order valence-electron chi connectivity index (χ4n) is 2.13. The molecule has 2 aromatic carbocycles. The van der Waals surface area contributed by atoms with Gasteiger partial charge < -0.3 is 20.5 Å². The van der Waals surface area contributed by atoms with E-state index in [1.54, 1.807) is 43.3 Å². The van der Waals surface area contributed by atoms with Gasteiger partial charge in [0.15, 0.2) is 11.5 Å². The first-order valence-corrected chi connectivity index (χ1v) is 7.50. The Labute approximate surface area is 140 Å². The summed E-state index contributed by atoms with van der Waals surface area (Å²) in [5.41, 5.74) is 2.12. The number of nitrogens with zero attached hydrogens (tertiary/aromatic N) is 1. The molecular weight excluding hydrogens is 306 g/mol. The molecule has 0 bridgehead atoms. The molecule has 6 nitrogen and oxygen atoms in total. The van der Waals surface area contributed by atoms with Crippen LogP contribution in [0.2, 0.25) is 0 Å². The van der Waals surface area contributed by atoms with Gasteiger partial charge in [0.1, 0.15) is 6.04 Å². The summed E-state index contributed by atoms with van der Waals surface area (Å²) in [6.07, 6.45) is 0.416. The molecule has 2 aromatic rings. The van der Waals surface area contributed by atoms with Crippen molar-refractivity contribution in [3.05, 3.63) is 48.0 Å². The number of hydrogen-bond donors (Lipinski definition) is 3. The number of methoxy groups -OCH3 is 1. The van der Waals surface area contributed by atoms with Gasteiger partial charge in [0, 0.05) is 17.8 Å². The van der Waals surface area contributed by atoms with E-state index in [4.69, 9.17) is 4.74 Å². The molecule has 1 amide bonds. The number of aromatic hydroxyl groups is 1. The average Bonchev–Trinajstić information content (AvgIpc) is 2.61. The van der Waals surface area contributed by atoms with Crippen LogP contribution in [0.1, 0.15) is 24.9 Å². The second-order valence-corrected chi connectivity index (χ2v) is 5.12. The van der Waals surface area contributed by atoms with Crippen LogP contribution in [-0.2, 0) is 4.79 Å². The van der Waals surface area contributed by atoms with E-state index in [9.17, 15) is 15.2 Å². The van der Waals surface area contributed by atoms with Gasteiger partial charge in [0.25, 0.3) is 0 Å². The first-order valence-electron chi connectivity index (χ1n) is 7.50. The van der Waals surface area contributed by atoms with Crippen molar-refractivity contribution in [2.75, 3.05) is 17.7 Å². The van der Waals surface area contributed by atoms with Gasteiger partial charge in [-0.05, 0) is 42.0 Å². The molecule has 6 heteroatoms. The lowest BCUT2D eigenvalue weighted by Gasteiger charge is -2.15. The zero-order chi connectivity index (χ0) is 17.5. The van der Waals surface area contributed by atoms with E-state index in [1.165, 1.54) is 13.2 Å². The Hall–Kier alpha value is -3.20. The first kappa shape index (κ1) is 17.2. The Morgan fingerprint density at radius 2 is 1.92 bits per heavy atom. The standard InChI is InChI=1S/C18H19N3O3/c1-3-18(23)21-14-7-5-13(6-8-14)20-15(11-19)12-4-9-16(22)17(10-12)24-2/h4-10,15,20,22H,3H2,1-2H3,(H,21,23). The topological polar surface area (TPSA) is 94.4 Å². The third kappa shape index (κ3) is 4.17. The van der Waals surface area contributed by atoms with E-state index in [0.29, 0.717) is 23.4 Å². The quantitative estimate of drug-likeness (QED) is 0.756. The summed E-state index contributed by atoms with van der Waals surface area (Å²) >= 11 is 0. The number of amides is 1. The van der Waals surface area contributed by atoms with Crippen molar-refractivity contribution < 1.29 is 14.6 Å². The molecule has 124 valence electrons. The molecule has 0 saturated heterocycles. The van der Waals surface area contributed by atoms with Crippen LogP contribution in [0, 0.1) is 11.3 Å². The largest absolute Gasteiger partial charge is 0.504 e. The first-order chi connectivity index (χ1) is 11.6. The van der Waals surface area contributed by atoms with Crippen molar-refractivity contribution in [1.29, 1.82) is 5.26 Å². The Balaban J connectivity index is 2.13. The lowest BCUT2D eigenvalue weighted by atomic mass is 10.1. The summed E-state index contributed by atoms with van der Waals surface area (Å²) in [7, 11) is 1.46. The van der Waals surface area contributed by atoms with Crippen LogP contribution in [0.4, 0.5) is 11.4 Å². The summed E-state index contributed by atoms with van der Waals surface area (Å²) in [6, 6.07) is 13.4. The lowest BCUT2D eigenvalue weighted by molar-refractivity contribution is -0.115. The number of ether oxygens (including phenoxy) is 1. The number of anilines is 2. The van der Waals surface area contributed by atoms with Crippen LogP contribution in [0.3, 0.4) is 0 Å². The molecule has 0 aliphatic heterocycles. The average molecular weight is 325 g/mol. The van der Waals surface area contributed by atoms with E-state index in [0.717, 1.165) is 5.69 Å². The van der Waals surface area contributed by atoms with Gasteiger partial charge in [-0.25, -0.2) is 0 Å². The summed E-state index contributed by atoms with van der Waals surface area (Å²) in [5, 5.41) is 24.9. The SMILES string of the molecule is CCC(=O)Nc1ccc(NC(C#N)c2ccc(O)c(OC)c2)cc1.